The van der Waals surface area contributed by atoms with Gasteiger partial charge in [-0.1, -0.05) is 30.3 Å². The lowest BCUT2D eigenvalue weighted by atomic mass is 9.80. The summed E-state index contributed by atoms with van der Waals surface area (Å²) in [6.07, 6.45) is 1.49. The molecule has 1 saturated carbocycles. The summed E-state index contributed by atoms with van der Waals surface area (Å²) in [7, 11) is 0. The minimum atomic E-state index is -0.406. The molecule has 2 rings (SSSR count). The van der Waals surface area contributed by atoms with Crippen molar-refractivity contribution in [2.24, 2.45) is 5.92 Å². The number of carbonyl (C=O) groups excluding carboxylic acids is 1. The van der Waals surface area contributed by atoms with E-state index >= 15 is 0 Å². The number of hydrogen-bond donors (Lipinski definition) is 2. The summed E-state index contributed by atoms with van der Waals surface area (Å²) in [5, 5.41) is 11.8. The molecule has 1 aliphatic rings. The first-order valence-corrected chi connectivity index (χ1v) is 5.87. The number of ether oxygens (including phenoxy) is 1. The van der Waals surface area contributed by atoms with E-state index in [1.54, 1.807) is 0 Å². The Bertz CT molecular complexity index is 364. The van der Waals surface area contributed by atoms with E-state index in [9.17, 15) is 4.79 Å². The van der Waals surface area contributed by atoms with Gasteiger partial charge in [0.25, 0.3) is 0 Å². The summed E-state index contributed by atoms with van der Waals surface area (Å²) < 4.78 is 5.10. The lowest BCUT2D eigenvalue weighted by molar-refractivity contribution is 0.0930. The van der Waals surface area contributed by atoms with Crippen molar-refractivity contribution in [3.8, 4) is 0 Å². The molecular formula is C13H17NO3. The van der Waals surface area contributed by atoms with Gasteiger partial charge in [-0.3, -0.25) is 0 Å². The second kappa shape index (κ2) is 5.68. The Kier molecular flexibility index (Phi) is 3.98. The Hall–Kier alpha value is -1.55. The molecular weight excluding hydrogens is 218 g/mol. The number of rotatable bonds is 4. The highest BCUT2D eigenvalue weighted by Gasteiger charge is 2.31. The van der Waals surface area contributed by atoms with E-state index in [2.05, 4.69) is 5.32 Å². The van der Waals surface area contributed by atoms with Crippen molar-refractivity contribution in [2.75, 3.05) is 6.61 Å². The van der Waals surface area contributed by atoms with Crippen LogP contribution in [0.5, 0.6) is 0 Å². The van der Waals surface area contributed by atoms with Crippen molar-refractivity contribution in [3.05, 3.63) is 35.9 Å². The molecule has 0 unspecified atom stereocenters. The molecule has 1 aliphatic carbocycles. The van der Waals surface area contributed by atoms with E-state index < -0.39 is 6.09 Å². The van der Waals surface area contributed by atoms with E-state index in [0.29, 0.717) is 0 Å². The summed E-state index contributed by atoms with van der Waals surface area (Å²) in [6, 6.07) is 9.63. The number of aliphatic hydroxyl groups excluding tert-OH is 1. The molecule has 0 spiro atoms. The predicted molar refractivity (Wildman–Crippen MR) is 63.4 cm³/mol. The van der Waals surface area contributed by atoms with E-state index in [4.69, 9.17) is 9.84 Å². The van der Waals surface area contributed by atoms with Crippen LogP contribution in [0.2, 0.25) is 0 Å². The maximum atomic E-state index is 11.5. The third-order valence-electron chi connectivity index (χ3n) is 3.17. The highest BCUT2D eigenvalue weighted by atomic mass is 16.5. The van der Waals surface area contributed by atoms with Gasteiger partial charge in [0.05, 0.1) is 0 Å². The van der Waals surface area contributed by atoms with Crippen LogP contribution in [-0.2, 0) is 11.3 Å². The molecule has 0 bridgehead atoms. The van der Waals surface area contributed by atoms with Crippen molar-refractivity contribution in [1.82, 2.24) is 5.32 Å². The number of nitrogens with one attached hydrogen (secondary N) is 1. The normalized spacial score (nSPS) is 22.6. The fraction of sp³-hybridized carbons (Fsp3) is 0.462. The first-order valence-electron chi connectivity index (χ1n) is 5.87. The van der Waals surface area contributed by atoms with E-state index in [1.807, 2.05) is 30.3 Å². The van der Waals surface area contributed by atoms with Gasteiger partial charge in [0.1, 0.15) is 6.61 Å². The molecule has 0 aliphatic heterocycles. The second-order valence-corrected chi connectivity index (χ2v) is 4.33. The van der Waals surface area contributed by atoms with Gasteiger partial charge < -0.3 is 15.2 Å². The van der Waals surface area contributed by atoms with Crippen LogP contribution < -0.4 is 5.32 Å². The van der Waals surface area contributed by atoms with Crippen molar-refractivity contribution < 1.29 is 14.6 Å². The van der Waals surface area contributed by atoms with Gasteiger partial charge in [-0.25, -0.2) is 4.79 Å². The van der Waals surface area contributed by atoms with E-state index in [0.717, 1.165) is 18.4 Å². The van der Waals surface area contributed by atoms with Gasteiger partial charge >= 0.3 is 6.09 Å². The van der Waals surface area contributed by atoms with Crippen molar-refractivity contribution in [3.63, 3.8) is 0 Å². The zero-order chi connectivity index (χ0) is 12.1. The molecule has 1 aromatic rings. The Morgan fingerprint density at radius 2 is 2.12 bits per heavy atom. The minimum absolute atomic E-state index is 0.0725. The van der Waals surface area contributed by atoms with Crippen molar-refractivity contribution in [1.29, 1.82) is 0 Å². The maximum Gasteiger partial charge on any atom is 0.407 e. The zero-order valence-electron chi connectivity index (χ0n) is 9.63. The lowest BCUT2D eigenvalue weighted by Crippen LogP contribution is -2.48. The Morgan fingerprint density at radius 1 is 1.35 bits per heavy atom. The van der Waals surface area contributed by atoms with Crippen LogP contribution in [0.25, 0.3) is 0 Å². The number of hydrogen-bond acceptors (Lipinski definition) is 3. The number of benzene rings is 1. The molecule has 17 heavy (non-hydrogen) atoms. The van der Waals surface area contributed by atoms with Crippen LogP contribution in [0.4, 0.5) is 4.79 Å². The average molecular weight is 235 g/mol. The molecule has 4 nitrogen and oxygen atoms in total. The van der Waals surface area contributed by atoms with Crippen LogP contribution in [0, 0.1) is 5.92 Å². The summed E-state index contributed by atoms with van der Waals surface area (Å²) >= 11 is 0. The van der Waals surface area contributed by atoms with Crippen molar-refractivity contribution in [2.45, 2.75) is 25.5 Å². The summed E-state index contributed by atoms with van der Waals surface area (Å²) in [4.78, 5) is 11.5. The predicted octanol–water partition coefficient (Wildman–Crippen LogP) is 1.68. The van der Waals surface area contributed by atoms with Crippen LogP contribution in [0.3, 0.4) is 0 Å². The van der Waals surface area contributed by atoms with Gasteiger partial charge in [0.2, 0.25) is 0 Å². The van der Waals surface area contributed by atoms with Gasteiger partial charge in [-0.05, 0) is 18.4 Å². The molecule has 0 radical (unpaired) electrons. The molecule has 1 fully saturated rings. The molecule has 0 aromatic heterocycles. The quantitative estimate of drug-likeness (QED) is 0.834. The first kappa shape index (κ1) is 11.9. The molecule has 1 aromatic carbocycles. The Morgan fingerprint density at radius 3 is 2.71 bits per heavy atom. The zero-order valence-corrected chi connectivity index (χ0v) is 9.63. The summed E-state index contributed by atoms with van der Waals surface area (Å²) in [5.41, 5.74) is 0.968. The third kappa shape index (κ3) is 3.20. The Balaban J connectivity index is 1.71. The molecule has 0 saturated heterocycles. The van der Waals surface area contributed by atoms with Crippen LogP contribution >= 0.6 is 0 Å². The average Bonchev–Trinajstić information content (AvgIpc) is 2.34. The van der Waals surface area contributed by atoms with Gasteiger partial charge in [-0.15, -0.1) is 0 Å². The maximum absolute atomic E-state index is 11.5. The first-order chi connectivity index (χ1) is 8.29. The second-order valence-electron chi connectivity index (χ2n) is 4.33. The molecule has 2 N–H and O–H groups in total. The molecule has 4 heteroatoms. The highest BCUT2D eigenvalue weighted by Crippen LogP contribution is 2.26. The third-order valence-corrected chi connectivity index (χ3v) is 3.17. The molecule has 1 amide bonds. The molecule has 0 heterocycles. The minimum Gasteiger partial charge on any atom is -0.445 e. The number of carbonyl (C=O) groups is 1. The summed E-state index contributed by atoms with van der Waals surface area (Å²) in [5.74, 6) is 0.194. The lowest BCUT2D eigenvalue weighted by Gasteiger charge is -2.35. The van der Waals surface area contributed by atoms with Crippen LogP contribution in [0.15, 0.2) is 30.3 Å². The van der Waals surface area contributed by atoms with E-state index in [-0.39, 0.29) is 25.2 Å². The van der Waals surface area contributed by atoms with Gasteiger partial charge in [0.15, 0.2) is 0 Å². The van der Waals surface area contributed by atoms with E-state index in [1.165, 1.54) is 0 Å². The van der Waals surface area contributed by atoms with Gasteiger partial charge in [-0.2, -0.15) is 0 Å². The number of alkyl carbamates (subject to hydrolysis) is 1. The topological polar surface area (TPSA) is 58.6 Å². The highest BCUT2D eigenvalue weighted by molar-refractivity contribution is 5.67. The van der Waals surface area contributed by atoms with Crippen LogP contribution in [-0.4, -0.2) is 23.8 Å². The van der Waals surface area contributed by atoms with Gasteiger partial charge in [0, 0.05) is 18.6 Å². The molecule has 92 valence electrons. The number of aliphatic hydroxyl groups is 1. The standard InChI is InChI=1S/C13H17NO3/c15-8-11-6-7-12(11)14-13(16)17-9-10-4-2-1-3-5-10/h1-5,11-12,15H,6-9H2,(H,14,16)/t11-,12-/m0/s1. The smallest absolute Gasteiger partial charge is 0.407 e. The Labute approximate surface area is 101 Å². The SMILES string of the molecule is O=C(N[C@H]1CC[C@H]1CO)OCc1ccccc1. The fourth-order valence-electron chi connectivity index (χ4n) is 1.89. The largest absolute Gasteiger partial charge is 0.445 e. The monoisotopic (exact) mass is 235 g/mol. The van der Waals surface area contributed by atoms with Crippen LogP contribution in [0.1, 0.15) is 18.4 Å². The molecule has 2 atom stereocenters. The number of amides is 1. The fourth-order valence-corrected chi connectivity index (χ4v) is 1.89. The summed E-state index contributed by atoms with van der Waals surface area (Å²) in [6.45, 7) is 0.410. The van der Waals surface area contributed by atoms with Crippen molar-refractivity contribution >= 4 is 6.09 Å².